The molecule has 0 bridgehead atoms. The minimum atomic E-state index is -1.63. The van der Waals surface area contributed by atoms with Crippen LogP contribution < -0.4 is 5.19 Å². The van der Waals surface area contributed by atoms with Crippen molar-refractivity contribution >= 4 is 35.3 Å². The van der Waals surface area contributed by atoms with Gasteiger partial charge in [0.25, 0.3) is 0 Å². The van der Waals surface area contributed by atoms with Crippen LogP contribution in [0.2, 0.25) is 46.3 Å². The fourth-order valence-corrected chi connectivity index (χ4v) is 104. The molecule has 0 aliphatic heterocycles. The van der Waals surface area contributed by atoms with Crippen molar-refractivity contribution in [2.75, 3.05) is 0 Å². The zero-order chi connectivity index (χ0) is 23.7. The first-order valence-corrected chi connectivity index (χ1v) is 24.5. The van der Waals surface area contributed by atoms with E-state index in [0.717, 1.165) is 33.2 Å². The Bertz CT molecular complexity index is 569. The van der Waals surface area contributed by atoms with Crippen molar-refractivity contribution < 1.29 is 0 Å². The summed E-state index contributed by atoms with van der Waals surface area (Å²) in [5.74, 6) is 0. The monoisotopic (exact) mass is 477 g/mol. The Labute approximate surface area is 194 Å². The maximum atomic E-state index is 2.81. The molecule has 4 heteroatoms. The Kier molecular flexibility index (Phi) is 9.70. The van der Waals surface area contributed by atoms with Crippen molar-refractivity contribution in [2.45, 2.75) is 129 Å². The molecule has 1 aromatic rings. The number of hydrogen-bond donors (Lipinski definition) is 0. The fraction of sp³-hybridized carbons (Fsp3) is 0.769. The standard InChI is InChI=1S/C26H53Si4/c1-20(2)29(21(3)4,22(5)6)27(28(13,14)26-18-16-15-17-19-26)30(23(7)8,24(9)10)25(11)12/h15-25H,1-14H3/q-1. The summed E-state index contributed by atoms with van der Waals surface area (Å²) in [5, 5.41) is 1.75. The van der Waals surface area contributed by atoms with E-state index in [1.807, 2.05) is 0 Å². The van der Waals surface area contributed by atoms with E-state index in [1.165, 1.54) is 0 Å². The van der Waals surface area contributed by atoms with E-state index in [1.54, 1.807) is 5.19 Å². The van der Waals surface area contributed by atoms with E-state index < -0.39 is 30.1 Å². The SMILES string of the molecule is CC(C)[Si](C(C)C)(C(C)C)[Si-]([Si](C)(C)c1ccccc1)[Si](C(C)C)(C(C)C)C(C)C. The first-order valence-electron chi connectivity index (χ1n) is 12.6. The van der Waals surface area contributed by atoms with Gasteiger partial charge in [0.05, 0.1) is 0 Å². The van der Waals surface area contributed by atoms with E-state index in [0.29, 0.717) is 0 Å². The van der Waals surface area contributed by atoms with E-state index in [2.05, 4.69) is 127 Å². The van der Waals surface area contributed by atoms with Crippen LogP contribution in [0.4, 0.5) is 0 Å². The van der Waals surface area contributed by atoms with Gasteiger partial charge in [0.1, 0.15) is 0 Å². The molecule has 1 aromatic carbocycles. The van der Waals surface area contributed by atoms with Crippen molar-refractivity contribution in [2.24, 2.45) is 0 Å². The molecule has 0 aliphatic rings. The Morgan fingerprint density at radius 1 is 0.500 bits per heavy atom. The number of hydrogen-bond acceptors (Lipinski definition) is 0. The highest BCUT2D eigenvalue weighted by Gasteiger charge is 2.54. The van der Waals surface area contributed by atoms with Gasteiger partial charge in [-0.25, -0.2) is 7.35 Å². The van der Waals surface area contributed by atoms with Gasteiger partial charge in [-0.1, -0.05) is 188 Å². The molecule has 174 valence electrons. The molecule has 30 heavy (non-hydrogen) atoms. The third kappa shape index (κ3) is 4.45. The second-order valence-corrected chi connectivity index (χ2v) is 45.3. The lowest BCUT2D eigenvalue weighted by Crippen LogP contribution is -2.84. The van der Waals surface area contributed by atoms with Crippen LogP contribution in [0, 0.1) is 0 Å². The van der Waals surface area contributed by atoms with Crippen molar-refractivity contribution in [3.8, 4) is 0 Å². The molecule has 0 N–H and O–H groups in total. The van der Waals surface area contributed by atoms with Crippen LogP contribution in [0.3, 0.4) is 0 Å². The average Bonchev–Trinajstić information content (AvgIpc) is 2.60. The summed E-state index contributed by atoms with van der Waals surface area (Å²) in [7, 11) is -5.33. The zero-order valence-corrected chi connectivity index (χ0v) is 26.9. The van der Waals surface area contributed by atoms with Crippen LogP contribution in [0.15, 0.2) is 30.3 Å². The van der Waals surface area contributed by atoms with Crippen LogP contribution in [-0.4, -0.2) is 30.1 Å². The number of benzene rings is 1. The molecule has 0 aromatic heterocycles. The molecule has 0 atom stereocenters. The van der Waals surface area contributed by atoms with Gasteiger partial charge in [-0.2, -0.15) is 0 Å². The smallest absolute Gasteiger partial charge is 0.0623 e. The molecule has 0 radical (unpaired) electrons. The van der Waals surface area contributed by atoms with Gasteiger partial charge in [-0.3, -0.25) is 0 Å². The summed E-state index contributed by atoms with van der Waals surface area (Å²) >= 11 is 0. The number of rotatable bonds is 10. The third-order valence-corrected chi connectivity index (χ3v) is 72.0. The molecule has 1 rings (SSSR count). The predicted molar refractivity (Wildman–Crippen MR) is 151 cm³/mol. The third-order valence-electron chi connectivity index (χ3n) is 8.72. The Morgan fingerprint density at radius 3 is 1.00 bits per heavy atom. The molecule has 0 spiro atoms. The molecule has 0 nitrogen and oxygen atoms in total. The second-order valence-electron chi connectivity index (χ2n) is 12.2. The first kappa shape index (κ1) is 28.1. The predicted octanol–water partition coefficient (Wildman–Crippen LogP) is 8.69. The van der Waals surface area contributed by atoms with E-state index in [4.69, 9.17) is 0 Å². The normalized spacial score (nSPS) is 14.4. The largest absolute Gasteiger partial charge is 0.242 e. The summed E-state index contributed by atoms with van der Waals surface area (Å²) in [4.78, 5) is 0. The molecular formula is C26H53Si4-. The molecule has 0 heterocycles. The fourth-order valence-electron chi connectivity index (χ4n) is 8.19. The second kappa shape index (κ2) is 10.3. The minimum absolute atomic E-state index is 0.549. The topological polar surface area (TPSA) is 0 Å². The van der Waals surface area contributed by atoms with E-state index in [9.17, 15) is 0 Å². The average molecular weight is 478 g/mol. The lowest BCUT2D eigenvalue weighted by atomic mass is 10.4. The van der Waals surface area contributed by atoms with Crippen LogP contribution in [0.5, 0.6) is 0 Å². The quantitative estimate of drug-likeness (QED) is 0.295. The lowest BCUT2D eigenvalue weighted by molar-refractivity contribution is 0.831. The molecule has 0 saturated carbocycles. The molecule has 0 fully saturated rings. The van der Waals surface area contributed by atoms with Gasteiger partial charge >= 0.3 is 0 Å². The lowest BCUT2D eigenvalue weighted by Gasteiger charge is -2.75. The Morgan fingerprint density at radius 2 is 0.767 bits per heavy atom. The summed E-state index contributed by atoms with van der Waals surface area (Å²) in [6.45, 7) is 37.2. The highest BCUT2D eigenvalue weighted by molar-refractivity contribution is 7.84. The Hall–Kier alpha value is 0.0875. The van der Waals surface area contributed by atoms with Crippen LogP contribution in [0.25, 0.3) is 0 Å². The van der Waals surface area contributed by atoms with Gasteiger partial charge < -0.3 is 0 Å². The van der Waals surface area contributed by atoms with Gasteiger partial charge in [-0.05, 0) is 0 Å². The minimum Gasteiger partial charge on any atom is -0.242 e. The summed E-state index contributed by atoms with van der Waals surface area (Å²) < 4.78 is 0. The van der Waals surface area contributed by atoms with Crippen molar-refractivity contribution in [1.29, 1.82) is 0 Å². The van der Waals surface area contributed by atoms with E-state index >= 15 is 0 Å². The highest BCUT2D eigenvalue weighted by Crippen LogP contribution is 2.54. The van der Waals surface area contributed by atoms with Gasteiger partial charge in [0.2, 0.25) is 0 Å². The zero-order valence-electron chi connectivity index (χ0n) is 22.9. The van der Waals surface area contributed by atoms with Gasteiger partial charge in [-0.15, -0.1) is 0 Å². The van der Waals surface area contributed by atoms with Crippen LogP contribution >= 0.6 is 0 Å². The molecule has 0 amide bonds. The molecule has 0 unspecified atom stereocenters. The van der Waals surface area contributed by atoms with E-state index in [-0.39, 0.29) is 0 Å². The molecular weight excluding hydrogens is 425 g/mol. The summed E-state index contributed by atoms with van der Waals surface area (Å²) in [6.07, 6.45) is 0. The Balaban J connectivity index is 4.21. The van der Waals surface area contributed by atoms with Crippen molar-refractivity contribution in [3.63, 3.8) is 0 Å². The van der Waals surface area contributed by atoms with Gasteiger partial charge in [0, 0.05) is 0 Å². The summed E-state index contributed by atoms with van der Waals surface area (Å²) in [6, 6.07) is 11.9. The van der Waals surface area contributed by atoms with Gasteiger partial charge in [0.15, 0.2) is 0 Å². The maximum absolute atomic E-state index is 2.81. The van der Waals surface area contributed by atoms with Crippen LogP contribution in [-0.2, 0) is 0 Å². The molecule has 0 saturated heterocycles. The van der Waals surface area contributed by atoms with Crippen molar-refractivity contribution in [1.82, 2.24) is 0 Å². The highest BCUT2D eigenvalue weighted by atomic mass is 29.9. The summed E-state index contributed by atoms with van der Waals surface area (Å²) in [5.41, 5.74) is 5.19. The van der Waals surface area contributed by atoms with Crippen molar-refractivity contribution in [3.05, 3.63) is 30.3 Å². The molecule has 0 aliphatic carbocycles. The van der Waals surface area contributed by atoms with Crippen LogP contribution in [0.1, 0.15) is 83.1 Å². The maximum Gasteiger partial charge on any atom is -0.0623 e. The first-order chi connectivity index (χ1) is 13.6.